The van der Waals surface area contributed by atoms with Crippen LogP contribution in [-0.2, 0) is 30.3 Å². The van der Waals surface area contributed by atoms with E-state index in [2.05, 4.69) is 21.3 Å². The molecule has 6 N–H and O–H groups in total. The quantitative estimate of drug-likeness (QED) is 0.215. The third kappa shape index (κ3) is 10.8. The third-order valence-electron chi connectivity index (χ3n) is 6.82. The highest BCUT2D eigenvalue weighted by Crippen LogP contribution is 2.22. The molecule has 1 aromatic carbocycles. The molecule has 0 unspecified atom stereocenters. The summed E-state index contributed by atoms with van der Waals surface area (Å²) in [7, 11) is 0. The Labute approximate surface area is 230 Å². The fraction of sp³-hybridized carbons (Fsp3) is 0.643. The van der Waals surface area contributed by atoms with Gasteiger partial charge in [0.1, 0.15) is 30.0 Å². The fourth-order valence-electron chi connectivity index (χ4n) is 4.13. The van der Waals surface area contributed by atoms with E-state index < -0.39 is 47.9 Å². The van der Waals surface area contributed by atoms with Crippen LogP contribution in [0.2, 0.25) is 0 Å². The van der Waals surface area contributed by atoms with Gasteiger partial charge in [0.05, 0.1) is 6.61 Å². The van der Waals surface area contributed by atoms with Crippen LogP contribution in [0.25, 0.3) is 0 Å². The maximum absolute atomic E-state index is 13.5. The molecule has 0 saturated carbocycles. The fourth-order valence-corrected chi connectivity index (χ4v) is 4.13. The maximum Gasteiger partial charge on any atom is 0.326 e. The lowest BCUT2D eigenvalue weighted by Crippen LogP contribution is -2.59. The number of carbonyl (C=O) groups excluding carboxylic acids is 3. The van der Waals surface area contributed by atoms with Gasteiger partial charge in [-0.15, -0.1) is 0 Å². The number of hydrogen-bond donors (Lipinski definition) is 6. The molecular weight excluding hydrogens is 504 g/mol. The van der Waals surface area contributed by atoms with E-state index in [4.69, 9.17) is 4.74 Å². The lowest BCUT2D eigenvalue weighted by atomic mass is 9.88. The number of carboxylic acids is 1. The van der Waals surface area contributed by atoms with Crippen molar-refractivity contribution in [3.8, 4) is 5.75 Å². The predicted octanol–water partition coefficient (Wildman–Crippen LogP) is 1.33. The van der Waals surface area contributed by atoms with Gasteiger partial charge >= 0.3 is 5.97 Å². The number of rotatable bonds is 13. The molecule has 1 heterocycles. The Hall–Kier alpha value is -3.18. The Kier molecular flexibility index (Phi) is 12.2. The zero-order chi connectivity index (χ0) is 29.2. The lowest BCUT2D eigenvalue weighted by Gasteiger charge is -2.29. The van der Waals surface area contributed by atoms with Crippen LogP contribution in [0.3, 0.4) is 0 Å². The highest BCUT2D eigenvalue weighted by molar-refractivity contribution is 5.94. The molecule has 218 valence electrons. The maximum atomic E-state index is 13.5. The summed E-state index contributed by atoms with van der Waals surface area (Å²) in [5.41, 5.74) is 0.577. The average molecular weight is 549 g/mol. The van der Waals surface area contributed by atoms with E-state index in [1.165, 1.54) is 12.1 Å². The summed E-state index contributed by atoms with van der Waals surface area (Å²) in [6.07, 6.45) is 0.733. The zero-order valence-electron chi connectivity index (χ0n) is 23.6. The predicted molar refractivity (Wildman–Crippen MR) is 146 cm³/mol. The molecule has 5 atom stereocenters. The van der Waals surface area contributed by atoms with Gasteiger partial charge in [-0.05, 0) is 41.9 Å². The molecule has 1 aliphatic heterocycles. The first-order chi connectivity index (χ1) is 18.3. The molecule has 2 rings (SSSR count). The van der Waals surface area contributed by atoms with Crippen molar-refractivity contribution in [2.24, 2.45) is 11.3 Å². The summed E-state index contributed by atoms with van der Waals surface area (Å²) in [5, 5.41) is 30.5. The number of phenolic OH excluding ortho intramolecular Hbond substituents is 1. The number of morpholine rings is 1. The van der Waals surface area contributed by atoms with Crippen molar-refractivity contribution in [2.75, 3.05) is 19.7 Å². The van der Waals surface area contributed by atoms with E-state index in [0.29, 0.717) is 38.1 Å². The van der Waals surface area contributed by atoms with Crippen molar-refractivity contribution in [1.29, 1.82) is 0 Å². The molecule has 0 spiro atoms. The Morgan fingerprint density at radius 3 is 2.26 bits per heavy atom. The topological polar surface area (TPSA) is 166 Å². The first-order valence-corrected chi connectivity index (χ1v) is 13.5. The van der Waals surface area contributed by atoms with Crippen LogP contribution in [0, 0.1) is 11.3 Å². The number of ether oxygens (including phenoxy) is 1. The monoisotopic (exact) mass is 548 g/mol. The summed E-state index contributed by atoms with van der Waals surface area (Å²) in [4.78, 5) is 51.5. The van der Waals surface area contributed by atoms with E-state index in [0.717, 1.165) is 0 Å². The second-order valence-electron chi connectivity index (χ2n) is 11.4. The largest absolute Gasteiger partial charge is 0.508 e. The Morgan fingerprint density at radius 2 is 1.72 bits per heavy atom. The van der Waals surface area contributed by atoms with E-state index in [9.17, 15) is 29.4 Å². The van der Waals surface area contributed by atoms with Crippen molar-refractivity contribution in [2.45, 2.75) is 84.5 Å². The normalized spacial score (nSPS) is 18.7. The number of nitrogens with one attached hydrogen (secondary N) is 4. The van der Waals surface area contributed by atoms with Crippen LogP contribution in [0.1, 0.15) is 59.4 Å². The molecule has 1 saturated heterocycles. The number of aromatic hydroxyl groups is 1. The summed E-state index contributed by atoms with van der Waals surface area (Å²) < 4.78 is 5.52. The number of carboxylic acid groups (broad SMARTS) is 1. The summed E-state index contributed by atoms with van der Waals surface area (Å²) in [5.74, 6) is -3.00. The van der Waals surface area contributed by atoms with Gasteiger partial charge in [-0.3, -0.25) is 14.4 Å². The second kappa shape index (κ2) is 14.8. The second-order valence-corrected chi connectivity index (χ2v) is 11.4. The SMILES string of the molecule is CC[C@H](C)[C@H](NC(=O)[C@H](Cc1ccc(O)cc1)NC(=O)[C@H]1CNCCO1)C(=O)N[C@@H](CCC(C)(C)C)C(=O)O. The van der Waals surface area contributed by atoms with Crippen molar-refractivity contribution in [1.82, 2.24) is 21.3 Å². The summed E-state index contributed by atoms with van der Waals surface area (Å²) >= 11 is 0. The van der Waals surface area contributed by atoms with Gasteiger partial charge in [0, 0.05) is 19.5 Å². The number of benzene rings is 1. The molecule has 1 fully saturated rings. The summed E-state index contributed by atoms with van der Waals surface area (Å²) in [6, 6.07) is 3.12. The van der Waals surface area contributed by atoms with Crippen molar-refractivity contribution < 1.29 is 34.1 Å². The molecule has 1 aromatic rings. The molecule has 0 aromatic heterocycles. The van der Waals surface area contributed by atoms with E-state index >= 15 is 0 Å². The van der Waals surface area contributed by atoms with E-state index in [1.807, 2.05) is 27.7 Å². The number of aliphatic carboxylic acids is 1. The number of hydrogen-bond acceptors (Lipinski definition) is 7. The third-order valence-corrected chi connectivity index (χ3v) is 6.82. The van der Waals surface area contributed by atoms with Crippen molar-refractivity contribution in [3.63, 3.8) is 0 Å². The average Bonchev–Trinajstić information content (AvgIpc) is 2.89. The molecule has 0 radical (unpaired) electrons. The number of phenols is 1. The van der Waals surface area contributed by atoms with Crippen LogP contribution in [0.4, 0.5) is 0 Å². The zero-order valence-corrected chi connectivity index (χ0v) is 23.6. The molecule has 0 aliphatic carbocycles. The molecular formula is C28H44N4O7. The van der Waals surface area contributed by atoms with Crippen LogP contribution in [-0.4, -0.2) is 77.8 Å². The first kappa shape index (κ1) is 32.0. The first-order valence-electron chi connectivity index (χ1n) is 13.5. The van der Waals surface area contributed by atoms with Crippen LogP contribution >= 0.6 is 0 Å². The molecule has 0 bridgehead atoms. The highest BCUT2D eigenvalue weighted by atomic mass is 16.5. The Bertz CT molecular complexity index is 971. The molecule has 11 heteroatoms. The van der Waals surface area contributed by atoms with Gasteiger partial charge in [0.2, 0.25) is 11.8 Å². The summed E-state index contributed by atoms with van der Waals surface area (Å²) in [6.45, 7) is 10.9. The minimum atomic E-state index is -1.14. The van der Waals surface area contributed by atoms with E-state index in [1.54, 1.807) is 19.1 Å². The van der Waals surface area contributed by atoms with Gasteiger partial charge in [-0.25, -0.2) is 4.79 Å². The number of carbonyl (C=O) groups is 4. The van der Waals surface area contributed by atoms with Gasteiger partial charge in [0.25, 0.3) is 5.91 Å². The number of amides is 3. The smallest absolute Gasteiger partial charge is 0.326 e. The lowest BCUT2D eigenvalue weighted by molar-refractivity contribution is -0.143. The Morgan fingerprint density at radius 1 is 1.05 bits per heavy atom. The van der Waals surface area contributed by atoms with Gasteiger partial charge in [-0.2, -0.15) is 0 Å². The standard InChI is InChI=1S/C28H44N4O7/c1-6-17(2)23(26(36)30-20(27(37)38)11-12-28(3,4)5)32-24(34)21(15-18-7-9-19(33)10-8-18)31-25(35)22-16-29-13-14-39-22/h7-10,17,20-23,29,33H,6,11-16H2,1-5H3,(H,30,36)(H,31,35)(H,32,34)(H,37,38)/t17-,20-,21-,22+,23-/m0/s1. The van der Waals surface area contributed by atoms with Crippen molar-refractivity contribution >= 4 is 23.7 Å². The van der Waals surface area contributed by atoms with Crippen LogP contribution in [0.15, 0.2) is 24.3 Å². The minimum Gasteiger partial charge on any atom is -0.508 e. The van der Waals surface area contributed by atoms with Gasteiger partial charge < -0.3 is 36.2 Å². The minimum absolute atomic E-state index is 0.0680. The highest BCUT2D eigenvalue weighted by Gasteiger charge is 2.34. The molecule has 39 heavy (non-hydrogen) atoms. The van der Waals surface area contributed by atoms with Crippen LogP contribution < -0.4 is 21.3 Å². The molecule has 1 aliphatic rings. The Balaban J connectivity index is 2.21. The van der Waals surface area contributed by atoms with Crippen molar-refractivity contribution in [3.05, 3.63) is 29.8 Å². The van der Waals surface area contributed by atoms with Gasteiger partial charge in [-0.1, -0.05) is 53.2 Å². The van der Waals surface area contributed by atoms with E-state index in [-0.39, 0.29) is 29.9 Å². The van der Waals surface area contributed by atoms with Gasteiger partial charge in [0.15, 0.2) is 0 Å². The molecule has 11 nitrogen and oxygen atoms in total. The molecule has 3 amide bonds. The van der Waals surface area contributed by atoms with Crippen LogP contribution in [0.5, 0.6) is 5.75 Å².